The summed E-state index contributed by atoms with van der Waals surface area (Å²) in [6.45, 7) is 0. The van der Waals surface area contributed by atoms with E-state index in [1.165, 1.54) is 30.5 Å². The molecule has 1 aromatic heterocycles. The summed E-state index contributed by atoms with van der Waals surface area (Å²) in [5.41, 5.74) is 0.131. The fourth-order valence-electron chi connectivity index (χ4n) is 1.53. The van der Waals surface area contributed by atoms with Crippen LogP contribution in [0.15, 0.2) is 36.5 Å². The van der Waals surface area contributed by atoms with Crippen molar-refractivity contribution in [2.24, 2.45) is 0 Å². The van der Waals surface area contributed by atoms with Crippen molar-refractivity contribution in [3.05, 3.63) is 57.0 Å². The third-order valence-electron chi connectivity index (χ3n) is 2.45. The number of nitrogens with zero attached hydrogens (tertiary/aromatic N) is 1. The molecule has 2 rings (SSSR count). The van der Waals surface area contributed by atoms with Gasteiger partial charge in [0.1, 0.15) is 17.2 Å². The van der Waals surface area contributed by atoms with Crippen molar-refractivity contribution in [1.29, 1.82) is 0 Å². The fraction of sp³-hybridized carbons (Fsp3) is 0. The van der Waals surface area contributed by atoms with Crippen LogP contribution in [0.1, 0.15) is 20.7 Å². The number of amides is 1. The van der Waals surface area contributed by atoms with Crippen molar-refractivity contribution in [3.8, 4) is 0 Å². The summed E-state index contributed by atoms with van der Waals surface area (Å²) >= 11 is 1.83. The number of hydrogen-bond donors (Lipinski definition) is 2. The predicted octanol–water partition coefficient (Wildman–Crippen LogP) is 2.78. The molecule has 1 amide bonds. The molecule has 0 atom stereocenters. The number of hydrogen-bond acceptors (Lipinski definition) is 3. The van der Waals surface area contributed by atoms with E-state index in [4.69, 9.17) is 5.11 Å². The highest BCUT2D eigenvalue weighted by Gasteiger charge is 2.16. The van der Waals surface area contributed by atoms with Crippen LogP contribution in [0.2, 0.25) is 0 Å². The molecule has 20 heavy (non-hydrogen) atoms. The second kappa shape index (κ2) is 5.95. The number of aromatic nitrogens is 1. The van der Waals surface area contributed by atoms with E-state index in [-0.39, 0.29) is 16.9 Å². The van der Waals surface area contributed by atoms with Gasteiger partial charge in [0.2, 0.25) is 0 Å². The van der Waals surface area contributed by atoms with Crippen molar-refractivity contribution < 1.29 is 19.1 Å². The van der Waals surface area contributed by atoms with Gasteiger partial charge in [0, 0.05) is 9.77 Å². The molecule has 1 heterocycles. The first-order chi connectivity index (χ1) is 9.49. The zero-order valence-electron chi connectivity index (χ0n) is 9.93. The molecule has 0 bridgehead atoms. The third kappa shape index (κ3) is 3.10. The van der Waals surface area contributed by atoms with Crippen molar-refractivity contribution in [1.82, 2.24) is 4.98 Å². The lowest BCUT2D eigenvalue weighted by Crippen LogP contribution is -2.17. The molecule has 7 heteroatoms. The summed E-state index contributed by atoms with van der Waals surface area (Å²) in [5, 5.41) is 11.4. The molecule has 0 unspecified atom stereocenters. The lowest BCUT2D eigenvalue weighted by molar-refractivity contribution is 0.0697. The monoisotopic (exact) mass is 386 g/mol. The largest absolute Gasteiger partial charge is 0.478 e. The quantitative estimate of drug-likeness (QED) is 0.796. The molecule has 2 N–H and O–H groups in total. The molecule has 0 spiro atoms. The molecule has 2 aromatic rings. The topological polar surface area (TPSA) is 79.3 Å². The molecule has 0 aliphatic heterocycles. The Kier molecular flexibility index (Phi) is 4.28. The Bertz CT molecular complexity index is 691. The van der Waals surface area contributed by atoms with Gasteiger partial charge in [-0.1, -0.05) is 0 Å². The Hall–Kier alpha value is -2.03. The van der Waals surface area contributed by atoms with Crippen LogP contribution in [0.25, 0.3) is 0 Å². The van der Waals surface area contributed by atoms with Crippen LogP contribution in [-0.4, -0.2) is 22.0 Å². The van der Waals surface area contributed by atoms with Crippen LogP contribution in [-0.2, 0) is 0 Å². The Morgan fingerprint density at radius 1 is 1.25 bits per heavy atom. The Labute approximate surface area is 127 Å². The van der Waals surface area contributed by atoms with E-state index in [1.54, 1.807) is 0 Å². The molecule has 5 nitrogen and oxygen atoms in total. The average Bonchev–Trinajstić information content (AvgIpc) is 2.38. The smallest absolute Gasteiger partial charge is 0.339 e. The molecule has 1 aromatic carbocycles. The van der Waals surface area contributed by atoms with Crippen molar-refractivity contribution >= 4 is 40.3 Å². The minimum atomic E-state index is -1.19. The zero-order chi connectivity index (χ0) is 14.7. The van der Waals surface area contributed by atoms with Gasteiger partial charge in [0.05, 0.1) is 5.56 Å². The lowest BCUT2D eigenvalue weighted by Gasteiger charge is -2.08. The number of halogens is 2. The van der Waals surface area contributed by atoms with E-state index in [2.05, 4.69) is 10.3 Å². The SMILES string of the molecule is O=C(Nc1ncccc1C(=O)O)c1ccc(F)cc1I. The van der Waals surface area contributed by atoms with Crippen molar-refractivity contribution in [3.63, 3.8) is 0 Å². The van der Waals surface area contributed by atoms with E-state index in [0.29, 0.717) is 3.57 Å². The summed E-state index contributed by atoms with van der Waals surface area (Å²) in [7, 11) is 0. The van der Waals surface area contributed by atoms with E-state index in [0.717, 1.165) is 6.07 Å². The van der Waals surface area contributed by atoms with E-state index in [1.807, 2.05) is 22.6 Å². The molecule has 0 fully saturated rings. The second-order valence-electron chi connectivity index (χ2n) is 3.78. The van der Waals surface area contributed by atoms with Gasteiger partial charge in [-0.25, -0.2) is 14.2 Å². The van der Waals surface area contributed by atoms with Gasteiger partial charge in [0.25, 0.3) is 5.91 Å². The fourth-order valence-corrected chi connectivity index (χ4v) is 2.25. The van der Waals surface area contributed by atoms with Crippen LogP contribution in [0.5, 0.6) is 0 Å². The number of aromatic carboxylic acids is 1. The Balaban J connectivity index is 2.30. The molecule has 0 aliphatic rings. The number of anilines is 1. The van der Waals surface area contributed by atoms with Crippen LogP contribution >= 0.6 is 22.6 Å². The summed E-state index contributed by atoms with van der Waals surface area (Å²) in [4.78, 5) is 26.9. The summed E-state index contributed by atoms with van der Waals surface area (Å²) in [5.74, 6) is -2.24. The molecule has 0 aliphatic carbocycles. The number of carboxylic acids is 1. The Morgan fingerprint density at radius 2 is 2.00 bits per heavy atom. The molecule has 0 saturated carbocycles. The van der Waals surface area contributed by atoms with E-state index >= 15 is 0 Å². The minimum Gasteiger partial charge on any atom is -0.478 e. The van der Waals surface area contributed by atoms with Crippen molar-refractivity contribution in [2.45, 2.75) is 0 Å². The van der Waals surface area contributed by atoms with Gasteiger partial charge in [-0.15, -0.1) is 0 Å². The van der Waals surface area contributed by atoms with Crippen molar-refractivity contribution in [2.75, 3.05) is 5.32 Å². The van der Waals surface area contributed by atoms with Gasteiger partial charge < -0.3 is 10.4 Å². The summed E-state index contributed by atoms with van der Waals surface area (Å²) in [6, 6.07) is 6.50. The molecular weight excluding hydrogens is 378 g/mol. The molecule has 102 valence electrons. The average molecular weight is 386 g/mol. The number of carbonyl (C=O) groups excluding carboxylic acids is 1. The number of rotatable bonds is 3. The lowest BCUT2D eigenvalue weighted by atomic mass is 10.2. The number of pyridine rings is 1. The second-order valence-corrected chi connectivity index (χ2v) is 4.95. The highest BCUT2D eigenvalue weighted by Crippen LogP contribution is 2.17. The van der Waals surface area contributed by atoms with Crippen LogP contribution in [0.4, 0.5) is 10.2 Å². The van der Waals surface area contributed by atoms with Gasteiger partial charge >= 0.3 is 5.97 Å². The van der Waals surface area contributed by atoms with E-state index < -0.39 is 17.7 Å². The maximum Gasteiger partial charge on any atom is 0.339 e. The maximum atomic E-state index is 13.0. The highest BCUT2D eigenvalue weighted by molar-refractivity contribution is 14.1. The van der Waals surface area contributed by atoms with Gasteiger partial charge in [-0.2, -0.15) is 0 Å². The van der Waals surface area contributed by atoms with Crippen LogP contribution in [0, 0.1) is 9.39 Å². The van der Waals surface area contributed by atoms with Gasteiger partial charge in [-0.3, -0.25) is 4.79 Å². The Morgan fingerprint density at radius 3 is 2.65 bits per heavy atom. The number of nitrogens with one attached hydrogen (secondary N) is 1. The first kappa shape index (κ1) is 14.4. The highest BCUT2D eigenvalue weighted by atomic mass is 127. The number of carbonyl (C=O) groups is 2. The van der Waals surface area contributed by atoms with Gasteiger partial charge in [-0.05, 0) is 52.9 Å². The minimum absolute atomic E-state index is 0.0508. The summed E-state index contributed by atoms with van der Waals surface area (Å²) < 4.78 is 13.4. The standard InChI is InChI=1S/C13H8FIN2O3/c14-7-3-4-8(10(15)6-7)12(18)17-11-9(13(19)20)2-1-5-16-11/h1-6H,(H,19,20)(H,16,17,18). The third-order valence-corrected chi connectivity index (χ3v) is 3.34. The first-order valence-electron chi connectivity index (χ1n) is 5.44. The van der Waals surface area contributed by atoms with Crippen LogP contribution < -0.4 is 5.32 Å². The number of carboxylic acid groups (broad SMARTS) is 1. The van der Waals surface area contributed by atoms with Crippen LogP contribution in [0.3, 0.4) is 0 Å². The molecular formula is C13H8FIN2O3. The van der Waals surface area contributed by atoms with Gasteiger partial charge in [0.15, 0.2) is 0 Å². The maximum absolute atomic E-state index is 13.0. The normalized spacial score (nSPS) is 10.1. The van der Waals surface area contributed by atoms with E-state index in [9.17, 15) is 14.0 Å². The molecule has 0 radical (unpaired) electrons. The summed E-state index contributed by atoms with van der Waals surface area (Å²) in [6.07, 6.45) is 1.37. The predicted molar refractivity (Wildman–Crippen MR) is 78.3 cm³/mol. The number of benzene rings is 1. The zero-order valence-corrected chi connectivity index (χ0v) is 12.1. The first-order valence-corrected chi connectivity index (χ1v) is 6.51. The molecule has 0 saturated heterocycles.